The molecule has 5 rings (SSSR count). The van der Waals surface area contributed by atoms with Gasteiger partial charge in [-0.1, -0.05) is 12.1 Å². The molecule has 0 saturated heterocycles. The summed E-state index contributed by atoms with van der Waals surface area (Å²) in [5.41, 5.74) is 4.15. The van der Waals surface area contributed by atoms with E-state index in [9.17, 15) is 20.3 Å². The molecule has 0 radical (unpaired) electrons. The average molecular weight is 349 g/mol. The van der Waals surface area contributed by atoms with E-state index >= 15 is 0 Å². The molecule has 0 unspecified atom stereocenters. The number of non-ortho nitro benzene ring substituents is 1. The van der Waals surface area contributed by atoms with Gasteiger partial charge in [0.25, 0.3) is 5.69 Å². The molecule has 2 bridgehead atoms. The van der Waals surface area contributed by atoms with Crippen molar-refractivity contribution in [1.29, 1.82) is 0 Å². The first-order valence-corrected chi connectivity index (χ1v) is 7.95. The molecule has 0 amide bonds. The Hall–Kier alpha value is -3.74. The fourth-order valence-corrected chi connectivity index (χ4v) is 3.06. The highest BCUT2D eigenvalue weighted by Gasteiger charge is 2.21. The zero-order valence-corrected chi connectivity index (χ0v) is 13.6. The number of hydrogen-bond acceptors (Lipinski definition) is 5. The Morgan fingerprint density at radius 1 is 1.04 bits per heavy atom. The predicted molar refractivity (Wildman–Crippen MR) is 97.7 cm³/mol. The van der Waals surface area contributed by atoms with Gasteiger partial charge in [0.1, 0.15) is 0 Å². The van der Waals surface area contributed by atoms with E-state index in [0.29, 0.717) is 12.1 Å². The molecule has 3 aromatic rings. The van der Waals surface area contributed by atoms with Crippen molar-refractivity contribution in [2.45, 2.75) is 6.54 Å². The summed E-state index contributed by atoms with van der Waals surface area (Å²) < 4.78 is 0. The molecular formula is C19H15N3O4. The minimum atomic E-state index is -0.431. The van der Waals surface area contributed by atoms with Gasteiger partial charge in [0, 0.05) is 35.1 Å². The van der Waals surface area contributed by atoms with Crippen LogP contribution in [0.5, 0.6) is 11.8 Å². The van der Waals surface area contributed by atoms with Crippen LogP contribution in [0.1, 0.15) is 16.7 Å². The van der Waals surface area contributed by atoms with Crippen molar-refractivity contribution in [3.8, 4) is 11.8 Å². The first-order chi connectivity index (χ1) is 12.5. The van der Waals surface area contributed by atoms with E-state index in [4.69, 9.17) is 0 Å². The van der Waals surface area contributed by atoms with Gasteiger partial charge in [-0.15, -0.1) is 0 Å². The molecule has 7 heteroatoms. The van der Waals surface area contributed by atoms with E-state index in [2.05, 4.69) is 4.98 Å². The molecule has 3 heterocycles. The van der Waals surface area contributed by atoms with E-state index in [1.165, 1.54) is 18.2 Å². The van der Waals surface area contributed by atoms with Gasteiger partial charge < -0.3 is 15.1 Å². The second-order valence-electron chi connectivity index (χ2n) is 6.04. The van der Waals surface area contributed by atoms with Crippen LogP contribution in [0.25, 0.3) is 11.8 Å². The van der Waals surface area contributed by atoms with E-state index in [1.807, 2.05) is 35.2 Å². The monoisotopic (exact) mass is 349 g/mol. The minimum absolute atomic E-state index is 0.0299. The Morgan fingerprint density at radius 3 is 2.31 bits per heavy atom. The SMILES string of the molecule is O=[N+]([O-])c1ccc(C2=Cc3ccc(cc3)N2Cc2cc(O)[nH]c2O)cc1. The molecule has 2 aliphatic heterocycles. The number of benzene rings is 2. The predicted octanol–water partition coefficient (Wildman–Crippen LogP) is 3.85. The third kappa shape index (κ3) is 2.75. The zero-order chi connectivity index (χ0) is 18.3. The van der Waals surface area contributed by atoms with Gasteiger partial charge in [-0.2, -0.15) is 0 Å². The number of nitro groups is 1. The van der Waals surface area contributed by atoms with Crippen molar-refractivity contribution in [2.24, 2.45) is 0 Å². The minimum Gasteiger partial charge on any atom is -0.495 e. The summed E-state index contributed by atoms with van der Waals surface area (Å²) in [7, 11) is 0. The van der Waals surface area contributed by atoms with Crippen molar-refractivity contribution < 1.29 is 15.1 Å². The fourth-order valence-electron chi connectivity index (χ4n) is 3.06. The van der Waals surface area contributed by atoms with Crippen LogP contribution in [0.3, 0.4) is 0 Å². The highest BCUT2D eigenvalue weighted by molar-refractivity contribution is 5.92. The lowest BCUT2D eigenvalue weighted by atomic mass is 10.1. The third-order valence-corrected chi connectivity index (χ3v) is 4.36. The normalized spacial score (nSPS) is 12.8. The van der Waals surface area contributed by atoms with Crippen molar-refractivity contribution in [1.82, 2.24) is 4.98 Å². The molecule has 0 saturated carbocycles. The van der Waals surface area contributed by atoms with Gasteiger partial charge >= 0.3 is 0 Å². The van der Waals surface area contributed by atoms with Crippen molar-refractivity contribution >= 4 is 23.1 Å². The van der Waals surface area contributed by atoms with Crippen LogP contribution in [0.4, 0.5) is 11.4 Å². The number of anilines is 1. The van der Waals surface area contributed by atoms with Gasteiger partial charge in [-0.05, 0) is 41.5 Å². The van der Waals surface area contributed by atoms with Gasteiger partial charge in [0.15, 0.2) is 11.8 Å². The second-order valence-corrected chi connectivity index (χ2v) is 6.04. The van der Waals surface area contributed by atoms with Gasteiger partial charge in [-0.25, -0.2) is 0 Å². The molecule has 3 N–H and O–H groups in total. The smallest absolute Gasteiger partial charge is 0.269 e. The molecule has 2 aliphatic rings. The topological polar surface area (TPSA) is 103 Å². The van der Waals surface area contributed by atoms with E-state index < -0.39 is 4.92 Å². The van der Waals surface area contributed by atoms with Crippen LogP contribution in [-0.4, -0.2) is 20.1 Å². The van der Waals surface area contributed by atoms with Crippen LogP contribution in [-0.2, 0) is 6.54 Å². The molecule has 7 nitrogen and oxygen atoms in total. The summed E-state index contributed by atoms with van der Waals surface area (Å²) >= 11 is 0. The van der Waals surface area contributed by atoms with Gasteiger partial charge in [-0.3, -0.25) is 15.1 Å². The number of H-pyrrole nitrogens is 1. The molecule has 0 atom stereocenters. The van der Waals surface area contributed by atoms with Gasteiger partial charge in [0.2, 0.25) is 0 Å². The summed E-state index contributed by atoms with van der Waals surface area (Å²) in [4.78, 5) is 14.9. The van der Waals surface area contributed by atoms with Gasteiger partial charge in [0.05, 0.1) is 11.5 Å². The summed E-state index contributed by atoms with van der Waals surface area (Å²) in [6, 6.07) is 15.7. The zero-order valence-electron chi connectivity index (χ0n) is 13.6. The van der Waals surface area contributed by atoms with Crippen molar-refractivity contribution in [3.05, 3.63) is 81.4 Å². The molecule has 1 aromatic heterocycles. The summed E-state index contributed by atoms with van der Waals surface area (Å²) in [5, 5.41) is 30.4. The van der Waals surface area contributed by atoms with Crippen LogP contribution in [0.2, 0.25) is 0 Å². The highest BCUT2D eigenvalue weighted by atomic mass is 16.6. The number of aromatic nitrogens is 1. The number of nitro benzene ring substituents is 1. The Kier molecular flexibility index (Phi) is 3.62. The van der Waals surface area contributed by atoms with Crippen LogP contribution < -0.4 is 4.90 Å². The third-order valence-electron chi connectivity index (χ3n) is 4.36. The quantitative estimate of drug-likeness (QED) is 0.490. The number of hydrogen-bond donors (Lipinski definition) is 3. The number of fused-ring (bicyclic) bond motifs is 3. The van der Waals surface area contributed by atoms with E-state index in [-0.39, 0.29) is 17.4 Å². The molecule has 130 valence electrons. The first-order valence-electron chi connectivity index (χ1n) is 7.95. The van der Waals surface area contributed by atoms with Crippen LogP contribution in [0.15, 0.2) is 54.6 Å². The second kappa shape index (κ2) is 5.96. The molecule has 0 fully saturated rings. The Bertz CT molecular complexity index is 1000. The Morgan fingerprint density at radius 2 is 1.73 bits per heavy atom. The number of aromatic hydroxyl groups is 2. The number of nitrogens with one attached hydrogen (secondary N) is 1. The lowest BCUT2D eigenvalue weighted by molar-refractivity contribution is -0.384. The van der Waals surface area contributed by atoms with Crippen molar-refractivity contribution in [2.75, 3.05) is 4.90 Å². The van der Waals surface area contributed by atoms with Crippen LogP contribution in [0, 0.1) is 10.1 Å². The Labute approximate surface area is 148 Å². The van der Waals surface area contributed by atoms with Crippen molar-refractivity contribution in [3.63, 3.8) is 0 Å². The molecular weight excluding hydrogens is 334 g/mol. The fraction of sp³-hybridized carbons (Fsp3) is 0.0526. The maximum absolute atomic E-state index is 10.9. The number of nitrogens with zero attached hydrogens (tertiary/aromatic N) is 2. The lowest BCUT2D eigenvalue weighted by Gasteiger charge is -2.26. The average Bonchev–Trinajstić information content (AvgIpc) is 2.79. The summed E-state index contributed by atoms with van der Waals surface area (Å²) in [6.45, 7) is 0.322. The van der Waals surface area contributed by atoms with E-state index in [1.54, 1.807) is 12.1 Å². The number of aromatic amines is 1. The molecule has 0 aliphatic carbocycles. The van der Waals surface area contributed by atoms with E-state index in [0.717, 1.165) is 22.5 Å². The summed E-state index contributed by atoms with van der Waals surface area (Å²) in [6.07, 6.45) is 1.98. The standard InChI is InChI=1S/C19H15N3O4/c23-18-10-14(19(24)20-18)11-21-15-5-1-12(2-6-15)9-17(21)13-3-7-16(8-4-13)22(25)26/h1-10,20,23-24H,11H2. The van der Waals surface area contributed by atoms with Crippen LogP contribution >= 0.6 is 0 Å². The Balaban J connectivity index is 1.76. The highest BCUT2D eigenvalue weighted by Crippen LogP contribution is 2.36. The lowest BCUT2D eigenvalue weighted by Crippen LogP contribution is -2.20. The maximum Gasteiger partial charge on any atom is 0.269 e. The summed E-state index contributed by atoms with van der Waals surface area (Å²) in [5.74, 6) is -0.200. The molecule has 26 heavy (non-hydrogen) atoms. The molecule has 0 spiro atoms. The maximum atomic E-state index is 10.9. The first kappa shape index (κ1) is 15.8. The largest absolute Gasteiger partial charge is 0.495 e. The molecule has 2 aromatic carbocycles. The number of rotatable bonds is 4.